The fraction of sp³-hybridized carbons (Fsp3) is 0.560. The van der Waals surface area contributed by atoms with Crippen LogP contribution in [-0.2, 0) is 9.59 Å². The molecule has 0 spiro atoms. The molecule has 2 aliphatic heterocycles. The Morgan fingerprint density at radius 2 is 1.75 bits per heavy atom. The minimum atomic E-state index is -0.0621. The highest BCUT2D eigenvalue weighted by Gasteiger charge is 2.31. The van der Waals surface area contributed by atoms with E-state index in [9.17, 15) is 9.59 Å². The van der Waals surface area contributed by atoms with Crippen molar-refractivity contribution in [1.29, 1.82) is 0 Å². The van der Waals surface area contributed by atoms with Crippen molar-refractivity contribution < 1.29 is 14.3 Å². The molecule has 1 aromatic carbocycles. The number of carbonyl (C=O) groups is 2. The maximum atomic E-state index is 12.9. The van der Waals surface area contributed by atoms with Gasteiger partial charge in [0.05, 0.1) is 11.0 Å². The van der Waals surface area contributed by atoms with E-state index in [1.54, 1.807) is 4.90 Å². The summed E-state index contributed by atoms with van der Waals surface area (Å²) in [6, 6.07) is 7.94. The monoisotopic (exact) mass is 472 g/mol. The number of amides is 2. The summed E-state index contributed by atoms with van der Waals surface area (Å²) in [5.41, 5.74) is 0.960. The van der Waals surface area contributed by atoms with Crippen LogP contribution in [0.15, 0.2) is 29.2 Å². The van der Waals surface area contributed by atoms with Gasteiger partial charge in [0.15, 0.2) is 0 Å². The molecule has 0 bridgehead atoms. The zero-order chi connectivity index (χ0) is 22.3. The Labute approximate surface area is 200 Å². The summed E-state index contributed by atoms with van der Waals surface area (Å²) in [6.07, 6.45) is 12.8. The highest BCUT2D eigenvalue weighted by atomic mass is 32.2. The van der Waals surface area contributed by atoms with Gasteiger partial charge in [0, 0.05) is 26.1 Å². The smallest absolute Gasteiger partial charge is 0.266 e. The van der Waals surface area contributed by atoms with Crippen LogP contribution in [-0.4, -0.2) is 51.7 Å². The second-order valence-corrected chi connectivity index (χ2v) is 10.5. The number of carbonyl (C=O) groups excluding carboxylic acids is 2. The van der Waals surface area contributed by atoms with Crippen molar-refractivity contribution in [1.82, 2.24) is 9.80 Å². The Bertz CT molecular complexity index is 856. The van der Waals surface area contributed by atoms with E-state index in [0.717, 1.165) is 50.1 Å². The van der Waals surface area contributed by atoms with Crippen LogP contribution in [0.4, 0.5) is 0 Å². The molecule has 2 heterocycles. The third kappa shape index (κ3) is 6.13. The number of piperidine rings is 1. The third-order valence-corrected chi connectivity index (χ3v) is 7.77. The van der Waals surface area contributed by atoms with E-state index in [1.165, 1.54) is 37.4 Å². The van der Waals surface area contributed by atoms with Gasteiger partial charge in [-0.15, -0.1) is 0 Å². The van der Waals surface area contributed by atoms with Gasteiger partial charge in [0.25, 0.3) is 5.91 Å². The summed E-state index contributed by atoms with van der Waals surface area (Å²) in [5.74, 6) is 1.02. The first-order valence-corrected chi connectivity index (χ1v) is 13.1. The molecule has 0 unspecified atom stereocenters. The molecule has 3 fully saturated rings. The van der Waals surface area contributed by atoms with Gasteiger partial charge in [0.2, 0.25) is 5.91 Å². The Kier molecular flexibility index (Phi) is 8.25. The van der Waals surface area contributed by atoms with Crippen LogP contribution >= 0.6 is 24.0 Å². The lowest BCUT2D eigenvalue weighted by Crippen LogP contribution is -2.36. The summed E-state index contributed by atoms with van der Waals surface area (Å²) in [6.45, 7) is 2.23. The molecule has 1 saturated carbocycles. The first-order valence-electron chi connectivity index (χ1n) is 11.9. The predicted octanol–water partition coefficient (Wildman–Crippen LogP) is 5.39. The second kappa shape index (κ2) is 11.3. The normalized spacial score (nSPS) is 21.4. The van der Waals surface area contributed by atoms with Gasteiger partial charge in [-0.05, 0) is 75.1 Å². The Morgan fingerprint density at radius 1 is 1.06 bits per heavy atom. The molecule has 1 aromatic rings. The molecule has 0 atom stereocenters. The summed E-state index contributed by atoms with van der Waals surface area (Å²) in [7, 11) is 0. The molecule has 1 aliphatic carbocycles. The molecular weight excluding hydrogens is 440 g/mol. The van der Waals surface area contributed by atoms with Crippen molar-refractivity contribution in [3.63, 3.8) is 0 Å². The average molecular weight is 473 g/mol. The zero-order valence-electron chi connectivity index (χ0n) is 18.6. The summed E-state index contributed by atoms with van der Waals surface area (Å²) in [5, 5.41) is 0. The number of rotatable bonds is 7. The van der Waals surface area contributed by atoms with E-state index in [-0.39, 0.29) is 11.8 Å². The Morgan fingerprint density at radius 3 is 2.47 bits per heavy atom. The summed E-state index contributed by atoms with van der Waals surface area (Å²) < 4.78 is 6.66. The van der Waals surface area contributed by atoms with Gasteiger partial charge in [0.1, 0.15) is 10.1 Å². The molecule has 2 amide bonds. The van der Waals surface area contributed by atoms with Crippen LogP contribution in [0, 0.1) is 0 Å². The molecule has 172 valence electrons. The Hall–Kier alpha value is -1.86. The topological polar surface area (TPSA) is 49.9 Å². The fourth-order valence-electron chi connectivity index (χ4n) is 4.55. The van der Waals surface area contributed by atoms with E-state index in [2.05, 4.69) is 0 Å². The van der Waals surface area contributed by atoms with Crippen molar-refractivity contribution in [2.45, 2.75) is 70.3 Å². The lowest BCUT2D eigenvalue weighted by Gasteiger charge is -2.27. The molecule has 0 radical (unpaired) electrons. The molecule has 5 nitrogen and oxygen atoms in total. The number of thioether (sulfide) groups is 1. The maximum Gasteiger partial charge on any atom is 0.266 e. The van der Waals surface area contributed by atoms with Gasteiger partial charge in [-0.3, -0.25) is 14.5 Å². The molecule has 3 aliphatic rings. The molecule has 4 rings (SSSR count). The van der Waals surface area contributed by atoms with Crippen molar-refractivity contribution >= 4 is 46.2 Å². The number of benzene rings is 1. The molecule has 7 heteroatoms. The minimum Gasteiger partial charge on any atom is -0.490 e. The molecule has 32 heavy (non-hydrogen) atoms. The minimum absolute atomic E-state index is 0.0621. The van der Waals surface area contributed by atoms with Crippen molar-refractivity contribution in [2.24, 2.45) is 0 Å². The number of likely N-dealkylation sites (tertiary alicyclic amines) is 1. The first kappa shape index (κ1) is 23.3. The fourth-order valence-corrected chi connectivity index (χ4v) is 5.86. The predicted molar refractivity (Wildman–Crippen MR) is 133 cm³/mol. The highest BCUT2D eigenvalue weighted by molar-refractivity contribution is 8.26. The summed E-state index contributed by atoms with van der Waals surface area (Å²) >= 11 is 6.78. The van der Waals surface area contributed by atoms with Gasteiger partial charge in [-0.1, -0.05) is 42.5 Å². The van der Waals surface area contributed by atoms with E-state index < -0.39 is 0 Å². The van der Waals surface area contributed by atoms with Crippen molar-refractivity contribution in [2.75, 3.05) is 19.6 Å². The zero-order valence-corrected chi connectivity index (χ0v) is 20.2. The van der Waals surface area contributed by atoms with Crippen LogP contribution in [0.1, 0.15) is 69.8 Å². The number of nitrogens with zero attached hydrogens (tertiary/aromatic N) is 2. The maximum absolute atomic E-state index is 12.9. The van der Waals surface area contributed by atoms with Crippen LogP contribution in [0.25, 0.3) is 6.08 Å². The van der Waals surface area contributed by atoms with E-state index >= 15 is 0 Å². The largest absolute Gasteiger partial charge is 0.490 e. The van der Waals surface area contributed by atoms with Crippen LogP contribution in [0.5, 0.6) is 5.75 Å². The molecule has 0 aromatic heterocycles. The third-order valence-electron chi connectivity index (χ3n) is 6.39. The second-order valence-electron chi connectivity index (χ2n) is 8.83. The number of hydrogen-bond acceptors (Lipinski definition) is 5. The SMILES string of the molecule is O=C(CCCN1C(=O)/C(=C/c2ccc(OC3CCCCC3)cc2)SC1=S)N1CCCCC1. The van der Waals surface area contributed by atoms with Crippen LogP contribution < -0.4 is 4.74 Å². The van der Waals surface area contributed by atoms with Crippen molar-refractivity contribution in [3.05, 3.63) is 34.7 Å². The molecular formula is C25H32N2O3S2. The van der Waals surface area contributed by atoms with Crippen molar-refractivity contribution in [3.8, 4) is 5.75 Å². The van der Waals surface area contributed by atoms with E-state index in [4.69, 9.17) is 17.0 Å². The standard InChI is InChI=1S/C25H32N2O3S2/c28-23(26-15-5-2-6-16-26)10-7-17-27-24(29)22(32-25(27)31)18-19-11-13-21(14-12-19)30-20-8-3-1-4-9-20/h11-14,18,20H,1-10,15-17H2/b22-18-. The summed E-state index contributed by atoms with van der Waals surface area (Å²) in [4.78, 5) is 29.4. The Balaban J connectivity index is 1.28. The van der Waals surface area contributed by atoms with Gasteiger partial charge < -0.3 is 9.64 Å². The number of ether oxygens (including phenoxy) is 1. The average Bonchev–Trinajstić information content (AvgIpc) is 3.09. The lowest BCUT2D eigenvalue weighted by molar-refractivity contribution is -0.132. The molecule has 2 saturated heterocycles. The number of hydrogen-bond donors (Lipinski definition) is 0. The van der Waals surface area contributed by atoms with E-state index in [0.29, 0.717) is 34.7 Å². The van der Waals surface area contributed by atoms with Crippen LogP contribution in [0.2, 0.25) is 0 Å². The number of thiocarbonyl (C=S) groups is 1. The molecule has 0 N–H and O–H groups in total. The highest BCUT2D eigenvalue weighted by Crippen LogP contribution is 2.33. The van der Waals surface area contributed by atoms with Gasteiger partial charge >= 0.3 is 0 Å². The lowest BCUT2D eigenvalue weighted by atomic mass is 9.98. The van der Waals surface area contributed by atoms with E-state index in [1.807, 2.05) is 35.2 Å². The van der Waals surface area contributed by atoms with Gasteiger partial charge in [-0.25, -0.2) is 0 Å². The first-order chi connectivity index (χ1) is 15.6. The van der Waals surface area contributed by atoms with Crippen LogP contribution in [0.3, 0.4) is 0 Å². The van der Waals surface area contributed by atoms with Gasteiger partial charge in [-0.2, -0.15) is 0 Å². The quantitative estimate of drug-likeness (QED) is 0.393.